The van der Waals surface area contributed by atoms with Crippen molar-refractivity contribution in [1.29, 1.82) is 0 Å². The van der Waals surface area contributed by atoms with Gasteiger partial charge in [-0.25, -0.2) is 0 Å². The highest BCUT2D eigenvalue weighted by Crippen LogP contribution is 2.35. The monoisotopic (exact) mass is 395 g/mol. The van der Waals surface area contributed by atoms with E-state index in [1.54, 1.807) is 0 Å². The van der Waals surface area contributed by atoms with Gasteiger partial charge >= 0.3 is 0 Å². The van der Waals surface area contributed by atoms with E-state index in [1.807, 2.05) is 35.2 Å². The predicted molar refractivity (Wildman–Crippen MR) is 106 cm³/mol. The summed E-state index contributed by atoms with van der Waals surface area (Å²) in [5, 5.41) is 11.1. The maximum atomic E-state index is 13.0. The molecule has 29 heavy (non-hydrogen) atoms. The van der Waals surface area contributed by atoms with Crippen molar-refractivity contribution in [2.24, 2.45) is 0 Å². The second-order valence-electron chi connectivity index (χ2n) is 7.25. The summed E-state index contributed by atoms with van der Waals surface area (Å²) in [7, 11) is 0. The van der Waals surface area contributed by atoms with Crippen LogP contribution in [0.3, 0.4) is 0 Å². The Labute approximate surface area is 167 Å². The largest absolute Gasteiger partial charge is 0.482 e. The van der Waals surface area contributed by atoms with Gasteiger partial charge in [0.1, 0.15) is 12.3 Å². The summed E-state index contributed by atoms with van der Waals surface area (Å²) in [6.07, 6.45) is 2.60. The Hall–Kier alpha value is -3.42. The van der Waals surface area contributed by atoms with Gasteiger partial charge in [-0.05, 0) is 30.9 Å². The summed E-state index contributed by atoms with van der Waals surface area (Å²) in [6.45, 7) is 0.309. The highest BCUT2D eigenvalue weighted by atomic mass is 16.6. The van der Waals surface area contributed by atoms with Crippen LogP contribution in [-0.4, -0.2) is 47.4 Å². The molecular formula is C21H21N3O5. The highest BCUT2D eigenvalue weighted by molar-refractivity contribution is 6.02. The molecule has 2 amide bonds. The van der Waals surface area contributed by atoms with Crippen LogP contribution in [0.1, 0.15) is 18.4 Å². The number of carbonyl (C=O) groups is 2. The molecule has 1 atom stereocenters. The summed E-state index contributed by atoms with van der Waals surface area (Å²) in [5.74, 6) is -0.174. The minimum absolute atomic E-state index is 0.0885. The van der Waals surface area contributed by atoms with Gasteiger partial charge in [0.15, 0.2) is 6.61 Å². The first-order valence-corrected chi connectivity index (χ1v) is 9.58. The van der Waals surface area contributed by atoms with Crippen molar-refractivity contribution in [3.8, 4) is 5.75 Å². The van der Waals surface area contributed by atoms with Crippen LogP contribution in [0.15, 0.2) is 48.5 Å². The van der Waals surface area contributed by atoms with Crippen LogP contribution in [0.25, 0.3) is 0 Å². The molecule has 0 saturated carbocycles. The van der Waals surface area contributed by atoms with Crippen molar-refractivity contribution < 1.29 is 19.2 Å². The van der Waals surface area contributed by atoms with Crippen molar-refractivity contribution in [3.05, 3.63) is 64.2 Å². The van der Waals surface area contributed by atoms with E-state index >= 15 is 0 Å². The zero-order valence-electron chi connectivity index (χ0n) is 15.8. The number of carbonyl (C=O) groups excluding carboxylic acids is 2. The lowest BCUT2D eigenvalue weighted by Crippen LogP contribution is -2.48. The summed E-state index contributed by atoms with van der Waals surface area (Å²) < 4.78 is 5.37. The number of amides is 2. The van der Waals surface area contributed by atoms with E-state index in [9.17, 15) is 19.7 Å². The zero-order chi connectivity index (χ0) is 20.4. The maximum Gasteiger partial charge on any atom is 0.271 e. The van der Waals surface area contributed by atoms with Crippen molar-refractivity contribution in [2.75, 3.05) is 24.6 Å². The van der Waals surface area contributed by atoms with Crippen molar-refractivity contribution >= 4 is 23.2 Å². The number of non-ortho nitro benzene ring substituents is 1. The van der Waals surface area contributed by atoms with Gasteiger partial charge in [0.25, 0.3) is 11.6 Å². The Morgan fingerprint density at radius 2 is 2.00 bits per heavy atom. The van der Waals surface area contributed by atoms with Crippen LogP contribution in [0.4, 0.5) is 11.4 Å². The summed E-state index contributed by atoms with van der Waals surface area (Å²) in [5.41, 5.74) is 1.28. The highest BCUT2D eigenvalue weighted by Gasteiger charge is 2.34. The van der Waals surface area contributed by atoms with E-state index in [0.717, 1.165) is 19.3 Å². The molecule has 1 unspecified atom stereocenters. The first-order valence-electron chi connectivity index (χ1n) is 9.58. The first kappa shape index (κ1) is 18.9. The number of benzene rings is 2. The van der Waals surface area contributed by atoms with Crippen LogP contribution < -0.4 is 9.64 Å². The number of ether oxygens (including phenoxy) is 1. The Morgan fingerprint density at radius 3 is 2.76 bits per heavy atom. The second-order valence-corrected chi connectivity index (χ2v) is 7.25. The molecule has 8 nitrogen and oxygen atoms in total. The molecule has 8 heteroatoms. The molecule has 2 aromatic carbocycles. The van der Waals surface area contributed by atoms with Gasteiger partial charge in [-0.2, -0.15) is 0 Å². The molecule has 150 valence electrons. The number of nitro groups is 1. The van der Waals surface area contributed by atoms with Gasteiger partial charge in [0.05, 0.1) is 10.6 Å². The van der Waals surface area contributed by atoms with Crippen molar-refractivity contribution in [3.63, 3.8) is 0 Å². The van der Waals surface area contributed by atoms with E-state index in [-0.39, 0.29) is 42.4 Å². The van der Waals surface area contributed by atoms with Gasteiger partial charge in [0, 0.05) is 24.7 Å². The lowest BCUT2D eigenvalue weighted by Gasteiger charge is -2.32. The number of likely N-dealkylation sites (tertiary alicyclic amines) is 1. The zero-order valence-corrected chi connectivity index (χ0v) is 15.8. The van der Waals surface area contributed by atoms with E-state index in [4.69, 9.17) is 4.74 Å². The van der Waals surface area contributed by atoms with Crippen LogP contribution in [-0.2, 0) is 16.0 Å². The third-order valence-corrected chi connectivity index (χ3v) is 5.40. The Morgan fingerprint density at radius 1 is 1.21 bits per heavy atom. The average Bonchev–Trinajstić information content (AvgIpc) is 3.18. The van der Waals surface area contributed by atoms with Gasteiger partial charge in [0.2, 0.25) is 5.91 Å². The number of nitrogens with zero attached hydrogens (tertiary/aromatic N) is 3. The quantitative estimate of drug-likeness (QED) is 0.573. The topological polar surface area (TPSA) is 93.0 Å². The smallest absolute Gasteiger partial charge is 0.271 e. The number of rotatable bonds is 5. The van der Waals surface area contributed by atoms with Crippen LogP contribution in [0.5, 0.6) is 5.75 Å². The van der Waals surface area contributed by atoms with E-state index in [1.165, 1.54) is 28.7 Å². The Bertz CT molecular complexity index is 947. The van der Waals surface area contributed by atoms with Gasteiger partial charge < -0.3 is 9.64 Å². The average molecular weight is 395 g/mol. The fraction of sp³-hybridized carbons (Fsp3) is 0.333. The normalized spacial score (nSPS) is 18.3. The number of anilines is 1. The lowest BCUT2D eigenvalue weighted by atomic mass is 10.0. The molecule has 2 aliphatic rings. The van der Waals surface area contributed by atoms with E-state index < -0.39 is 4.92 Å². The molecule has 1 fully saturated rings. The predicted octanol–water partition coefficient (Wildman–Crippen LogP) is 2.55. The number of nitro benzene ring substituents is 1. The fourth-order valence-corrected chi connectivity index (χ4v) is 3.97. The molecule has 0 spiro atoms. The number of fused-ring (bicyclic) bond motifs is 1. The first-order chi connectivity index (χ1) is 14.0. The molecular weight excluding hydrogens is 374 g/mol. The van der Waals surface area contributed by atoms with Crippen LogP contribution >= 0.6 is 0 Å². The molecule has 0 N–H and O–H groups in total. The molecule has 0 aromatic heterocycles. The fourth-order valence-electron chi connectivity index (χ4n) is 3.97. The van der Waals surface area contributed by atoms with Gasteiger partial charge in [-0.15, -0.1) is 0 Å². The van der Waals surface area contributed by atoms with Gasteiger partial charge in [-0.3, -0.25) is 24.6 Å². The molecule has 2 heterocycles. The standard InChI is InChI=1S/C21H21N3O5/c25-20(22-10-4-7-16(22)11-15-5-2-1-3-6-15)13-23-18-12-17(24(27)28)8-9-19(18)29-14-21(23)26/h1-3,5-6,8-9,12,16H,4,7,10-11,13-14H2. The summed E-state index contributed by atoms with van der Waals surface area (Å²) in [6, 6.07) is 14.2. The van der Waals surface area contributed by atoms with Crippen LogP contribution in [0, 0.1) is 10.1 Å². The Balaban J connectivity index is 1.52. The molecule has 2 aliphatic heterocycles. The number of hydrogen-bond acceptors (Lipinski definition) is 5. The van der Waals surface area contributed by atoms with Crippen molar-refractivity contribution in [2.45, 2.75) is 25.3 Å². The molecule has 4 rings (SSSR count). The molecule has 1 saturated heterocycles. The van der Waals surface area contributed by atoms with Crippen molar-refractivity contribution in [1.82, 2.24) is 4.90 Å². The summed E-state index contributed by atoms with van der Waals surface area (Å²) in [4.78, 5) is 39.2. The minimum Gasteiger partial charge on any atom is -0.482 e. The molecule has 0 radical (unpaired) electrons. The third kappa shape index (κ3) is 3.91. The SMILES string of the molecule is O=C1COc2ccc([N+](=O)[O-])cc2N1CC(=O)N1CCCC1Cc1ccccc1. The van der Waals surface area contributed by atoms with E-state index in [2.05, 4.69) is 0 Å². The molecule has 0 aliphatic carbocycles. The minimum atomic E-state index is -0.532. The third-order valence-electron chi connectivity index (χ3n) is 5.40. The second kappa shape index (κ2) is 7.90. The summed E-state index contributed by atoms with van der Waals surface area (Å²) >= 11 is 0. The lowest BCUT2D eigenvalue weighted by molar-refractivity contribution is -0.384. The molecule has 2 aromatic rings. The van der Waals surface area contributed by atoms with E-state index in [0.29, 0.717) is 12.3 Å². The maximum absolute atomic E-state index is 13.0. The number of hydrogen-bond donors (Lipinski definition) is 0. The van der Waals surface area contributed by atoms with Crippen LogP contribution in [0.2, 0.25) is 0 Å². The molecule has 0 bridgehead atoms. The Kier molecular flexibility index (Phi) is 5.16. The van der Waals surface area contributed by atoms with Gasteiger partial charge in [-0.1, -0.05) is 30.3 Å².